The number of amides is 1. The van der Waals surface area contributed by atoms with Gasteiger partial charge in [-0.2, -0.15) is 0 Å². The lowest BCUT2D eigenvalue weighted by Crippen LogP contribution is -2.40. The number of hydrogen-bond acceptors (Lipinski definition) is 3. The van der Waals surface area contributed by atoms with E-state index in [1.807, 2.05) is 4.90 Å². The van der Waals surface area contributed by atoms with E-state index in [4.69, 9.17) is 4.74 Å². The average molecular weight is 240 g/mol. The van der Waals surface area contributed by atoms with Crippen LogP contribution in [0, 0.1) is 5.92 Å². The molecule has 4 heteroatoms. The van der Waals surface area contributed by atoms with E-state index in [1.165, 1.54) is 12.8 Å². The van der Waals surface area contributed by atoms with Gasteiger partial charge in [0.1, 0.15) is 0 Å². The molecule has 2 heterocycles. The third-order valence-corrected chi connectivity index (χ3v) is 3.87. The van der Waals surface area contributed by atoms with Gasteiger partial charge in [0.2, 0.25) is 5.91 Å². The first-order valence-corrected chi connectivity index (χ1v) is 6.79. The highest BCUT2D eigenvalue weighted by Crippen LogP contribution is 2.19. The van der Waals surface area contributed by atoms with Crippen LogP contribution in [-0.2, 0) is 9.53 Å². The second-order valence-electron chi connectivity index (χ2n) is 5.30. The zero-order valence-electron chi connectivity index (χ0n) is 10.8. The molecule has 17 heavy (non-hydrogen) atoms. The van der Waals surface area contributed by atoms with Gasteiger partial charge in [0.15, 0.2) is 0 Å². The molecule has 0 aliphatic carbocycles. The van der Waals surface area contributed by atoms with Crippen LogP contribution in [-0.4, -0.2) is 50.2 Å². The van der Waals surface area contributed by atoms with Crippen molar-refractivity contribution in [1.29, 1.82) is 0 Å². The molecular formula is C13H24N2O2. The van der Waals surface area contributed by atoms with E-state index >= 15 is 0 Å². The van der Waals surface area contributed by atoms with Gasteiger partial charge in [-0.1, -0.05) is 6.42 Å². The third kappa shape index (κ3) is 3.68. The molecule has 0 spiro atoms. The van der Waals surface area contributed by atoms with Crippen LogP contribution < -0.4 is 5.32 Å². The van der Waals surface area contributed by atoms with Crippen molar-refractivity contribution in [1.82, 2.24) is 10.2 Å². The maximum absolute atomic E-state index is 12.1. The standard InChI is InChI=1S/C13H24N2O2/c1-17-10-11-5-7-15(9-11)13(16)8-12-4-2-3-6-14-12/h11-12,14H,2-10H2,1H3. The molecule has 2 unspecified atom stereocenters. The van der Waals surface area contributed by atoms with Crippen LogP contribution in [0.5, 0.6) is 0 Å². The molecule has 4 nitrogen and oxygen atoms in total. The minimum absolute atomic E-state index is 0.322. The van der Waals surface area contributed by atoms with Crippen LogP contribution in [0.1, 0.15) is 32.1 Å². The van der Waals surface area contributed by atoms with Crippen LogP contribution in [0.2, 0.25) is 0 Å². The molecule has 2 rings (SSSR count). The van der Waals surface area contributed by atoms with Gasteiger partial charge in [-0.05, 0) is 25.8 Å². The quantitative estimate of drug-likeness (QED) is 0.797. The van der Waals surface area contributed by atoms with Crippen molar-refractivity contribution in [3.05, 3.63) is 0 Å². The maximum Gasteiger partial charge on any atom is 0.224 e. The summed E-state index contributed by atoms with van der Waals surface area (Å²) in [7, 11) is 1.73. The molecule has 2 aliphatic heterocycles. The van der Waals surface area contributed by atoms with Crippen molar-refractivity contribution in [2.75, 3.05) is 33.4 Å². The van der Waals surface area contributed by atoms with E-state index in [0.29, 0.717) is 24.3 Å². The van der Waals surface area contributed by atoms with Crippen LogP contribution in [0.25, 0.3) is 0 Å². The summed E-state index contributed by atoms with van der Waals surface area (Å²) in [5.74, 6) is 0.867. The molecule has 2 saturated heterocycles. The smallest absolute Gasteiger partial charge is 0.224 e. The molecule has 0 bridgehead atoms. The van der Waals surface area contributed by atoms with E-state index < -0.39 is 0 Å². The highest BCUT2D eigenvalue weighted by Gasteiger charge is 2.27. The average Bonchev–Trinajstić information content (AvgIpc) is 2.79. The number of rotatable bonds is 4. The SMILES string of the molecule is COCC1CCN(C(=O)CC2CCCCN2)C1. The number of piperidine rings is 1. The Morgan fingerprint density at radius 1 is 1.41 bits per heavy atom. The Labute approximate surface area is 104 Å². The number of carbonyl (C=O) groups excluding carboxylic acids is 1. The number of likely N-dealkylation sites (tertiary alicyclic amines) is 1. The van der Waals surface area contributed by atoms with Crippen LogP contribution in [0.15, 0.2) is 0 Å². The molecule has 0 aromatic rings. The Bertz CT molecular complexity index is 252. The largest absolute Gasteiger partial charge is 0.384 e. The molecule has 1 N–H and O–H groups in total. The van der Waals surface area contributed by atoms with Gasteiger partial charge in [-0.3, -0.25) is 4.79 Å². The Balaban J connectivity index is 1.72. The number of ether oxygens (including phenoxy) is 1. The Kier molecular flexibility index (Phi) is 4.80. The molecule has 1 amide bonds. The van der Waals surface area contributed by atoms with Crippen molar-refractivity contribution in [2.45, 2.75) is 38.1 Å². The second-order valence-corrected chi connectivity index (χ2v) is 5.30. The summed E-state index contributed by atoms with van der Waals surface area (Å²) >= 11 is 0. The third-order valence-electron chi connectivity index (χ3n) is 3.87. The number of hydrogen-bond donors (Lipinski definition) is 1. The lowest BCUT2D eigenvalue weighted by atomic mass is 10.0. The zero-order chi connectivity index (χ0) is 12.1. The first-order valence-electron chi connectivity index (χ1n) is 6.79. The molecular weight excluding hydrogens is 216 g/mol. The first-order chi connectivity index (χ1) is 8.29. The lowest BCUT2D eigenvalue weighted by molar-refractivity contribution is -0.131. The van der Waals surface area contributed by atoms with Crippen molar-refractivity contribution >= 4 is 5.91 Å². The van der Waals surface area contributed by atoms with E-state index in [-0.39, 0.29) is 0 Å². The van der Waals surface area contributed by atoms with Crippen molar-refractivity contribution in [3.63, 3.8) is 0 Å². The molecule has 2 aliphatic rings. The molecule has 0 aromatic heterocycles. The first kappa shape index (κ1) is 12.8. The van der Waals surface area contributed by atoms with E-state index in [9.17, 15) is 4.79 Å². The van der Waals surface area contributed by atoms with Crippen LogP contribution in [0.3, 0.4) is 0 Å². The maximum atomic E-state index is 12.1. The summed E-state index contributed by atoms with van der Waals surface area (Å²) in [4.78, 5) is 14.1. The Morgan fingerprint density at radius 3 is 3.00 bits per heavy atom. The zero-order valence-corrected chi connectivity index (χ0v) is 10.8. The monoisotopic (exact) mass is 240 g/mol. The Hall–Kier alpha value is -0.610. The fourth-order valence-electron chi connectivity index (χ4n) is 2.87. The number of nitrogens with zero attached hydrogens (tertiary/aromatic N) is 1. The molecule has 0 aromatic carbocycles. The summed E-state index contributed by atoms with van der Waals surface area (Å²) in [5.41, 5.74) is 0. The van der Waals surface area contributed by atoms with Gasteiger partial charge in [0.25, 0.3) is 0 Å². The fraction of sp³-hybridized carbons (Fsp3) is 0.923. The summed E-state index contributed by atoms with van der Waals surface area (Å²) in [5, 5.41) is 3.44. The highest BCUT2D eigenvalue weighted by atomic mass is 16.5. The summed E-state index contributed by atoms with van der Waals surface area (Å²) in [6.07, 6.45) is 5.44. The highest BCUT2D eigenvalue weighted by molar-refractivity contribution is 5.77. The van der Waals surface area contributed by atoms with Crippen molar-refractivity contribution < 1.29 is 9.53 Å². The van der Waals surface area contributed by atoms with Crippen LogP contribution in [0.4, 0.5) is 0 Å². The number of carbonyl (C=O) groups is 1. The summed E-state index contributed by atoms with van der Waals surface area (Å²) < 4.78 is 5.15. The molecule has 2 fully saturated rings. The van der Waals surface area contributed by atoms with Gasteiger partial charge in [0, 0.05) is 38.6 Å². The number of methoxy groups -OCH3 is 1. The predicted octanol–water partition coefficient (Wildman–Crippen LogP) is 1.01. The van der Waals surface area contributed by atoms with E-state index in [0.717, 1.165) is 39.1 Å². The van der Waals surface area contributed by atoms with E-state index in [2.05, 4.69) is 5.32 Å². The number of nitrogens with one attached hydrogen (secondary N) is 1. The van der Waals surface area contributed by atoms with Crippen molar-refractivity contribution in [3.8, 4) is 0 Å². The molecule has 2 atom stereocenters. The van der Waals surface area contributed by atoms with Gasteiger partial charge in [-0.25, -0.2) is 0 Å². The molecule has 0 saturated carbocycles. The lowest BCUT2D eigenvalue weighted by Gasteiger charge is -2.25. The molecule has 98 valence electrons. The second kappa shape index (κ2) is 6.36. The van der Waals surface area contributed by atoms with Crippen LogP contribution >= 0.6 is 0 Å². The van der Waals surface area contributed by atoms with Gasteiger partial charge in [-0.15, -0.1) is 0 Å². The summed E-state index contributed by atoms with van der Waals surface area (Å²) in [6.45, 7) is 3.66. The summed E-state index contributed by atoms with van der Waals surface area (Å²) in [6, 6.07) is 0.415. The van der Waals surface area contributed by atoms with Crippen molar-refractivity contribution in [2.24, 2.45) is 5.92 Å². The fourth-order valence-corrected chi connectivity index (χ4v) is 2.87. The Morgan fingerprint density at radius 2 is 2.29 bits per heavy atom. The van der Waals surface area contributed by atoms with Gasteiger partial charge in [0.05, 0.1) is 6.61 Å². The predicted molar refractivity (Wildman–Crippen MR) is 66.8 cm³/mol. The van der Waals surface area contributed by atoms with Gasteiger partial charge < -0.3 is 15.0 Å². The minimum atomic E-state index is 0.322. The normalized spacial score (nSPS) is 29.6. The minimum Gasteiger partial charge on any atom is -0.384 e. The molecule has 0 radical (unpaired) electrons. The van der Waals surface area contributed by atoms with Gasteiger partial charge >= 0.3 is 0 Å². The topological polar surface area (TPSA) is 41.6 Å². The van der Waals surface area contributed by atoms with E-state index in [1.54, 1.807) is 7.11 Å².